The molecule has 0 aliphatic carbocycles. The zero-order valence-corrected chi connectivity index (χ0v) is 16.2. The summed E-state index contributed by atoms with van der Waals surface area (Å²) in [5.74, 6) is -0.736. The van der Waals surface area contributed by atoms with Gasteiger partial charge in [-0.2, -0.15) is 0 Å². The number of carboxylic acid groups (broad SMARTS) is 1. The number of thiocarbonyl (C=S) groups is 1. The van der Waals surface area contributed by atoms with Gasteiger partial charge in [0.1, 0.15) is 0 Å². The molecule has 0 heterocycles. The molecule has 0 saturated carbocycles. The van der Waals surface area contributed by atoms with E-state index < -0.39 is 5.97 Å². The van der Waals surface area contributed by atoms with E-state index in [0.717, 1.165) is 18.0 Å². The SMILES string of the molecule is CC.CC(=S)NCC(C)(C)CC(C)(C)CC(=O)O.CNC. The van der Waals surface area contributed by atoms with Gasteiger partial charge in [-0.25, -0.2) is 0 Å². The summed E-state index contributed by atoms with van der Waals surface area (Å²) >= 11 is 4.97. The zero-order valence-electron chi connectivity index (χ0n) is 15.4. The first kappa shape index (κ1) is 25.3. The molecule has 21 heavy (non-hydrogen) atoms. The Hall–Kier alpha value is -0.680. The smallest absolute Gasteiger partial charge is 0.303 e. The summed E-state index contributed by atoms with van der Waals surface area (Å²) in [4.78, 5) is 11.5. The Morgan fingerprint density at radius 3 is 1.76 bits per heavy atom. The Kier molecular flexibility index (Phi) is 15.7. The second-order valence-electron chi connectivity index (χ2n) is 6.49. The molecule has 0 radical (unpaired) electrons. The second-order valence-corrected chi connectivity index (χ2v) is 7.10. The minimum atomic E-state index is -0.736. The van der Waals surface area contributed by atoms with Crippen molar-refractivity contribution in [2.75, 3.05) is 20.6 Å². The lowest BCUT2D eigenvalue weighted by molar-refractivity contribution is -0.139. The van der Waals surface area contributed by atoms with Crippen LogP contribution in [-0.2, 0) is 4.79 Å². The lowest BCUT2D eigenvalue weighted by Crippen LogP contribution is -2.35. The third-order valence-electron chi connectivity index (χ3n) is 2.40. The van der Waals surface area contributed by atoms with Gasteiger partial charge >= 0.3 is 5.97 Å². The molecule has 0 aromatic heterocycles. The van der Waals surface area contributed by atoms with Gasteiger partial charge < -0.3 is 15.7 Å². The molecule has 4 nitrogen and oxygen atoms in total. The van der Waals surface area contributed by atoms with E-state index in [9.17, 15) is 4.79 Å². The van der Waals surface area contributed by atoms with Gasteiger partial charge in [-0.15, -0.1) is 0 Å². The lowest BCUT2D eigenvalue weighted by Gasteiger charge is -2.34. The number of hydrogen-bond donors (Lipinski definition) is 3. The van der Waals surface area contributed by atoms with Crippen molar-refractivity contribution in [3.05, 3.63) is 0 Å². The average molecular weight is 321 g/mol. The fourth-order valence-electron chi connectivity index (χ4n) is 2.19. The van der Waals surface area contributed by atoms with Crippen molar-refractivity contribution >= 4 is 23.2 Å². The topological polar surface area (TPSA) is 61.4 Å². The zero-order chi connectivity index (χ0) is 17.7. The Morgan fingerprint density at radius 2 is 1.48 bits per heavy atom. The number of aliphatic carboxylic acids is 1. The third-order valence-corrected chi connectivity index (χ3v) is 2.55. The molecule has 5 heteroatoms. The van der Waals surface area contributed by atoms with Crippen molar-refractivity contribution in [1.82, 2.24) is 10.6 Å². The van der Waals surface area contributed by atoms with Gasteiger partial charge in [-0.1, -0.05) is 53.8 Å². The Balaban J connectivity index is -0.000000569. The highest BCUT2D eigenvalue weighted by Crippen LogP contribution is 2.35. The predicted molar refractivity (Wildman–Crippen MR) is 97.0 cm³/mol. The van der Waals surface area contributed by atoms with Crippen LogP contribution in [0.1, 0.15) is 61.3 Å². The van der Waals surface area contributed by atoms with Gasteiger partial charge in [0.2, 0.25) is 0 Å². The standard InChI is InChI=1S/C12H23NO2S.C2H7N.C2H6/c1-9(16)13-8-12(4,5)7-11(2,3)6-10(14)15;1-3-2;1-2/h6-8H2,1-5H3,(H,13,16)(H,14,15);3H,1-2H3;1-2H3. The van der Waals surface area contributed by atoms with Crippen molar-refractivity contribution < 1.29 is 9.90 Å². The van der Waals surface area contributed by atoms with Crippen LogP contribution in [0.4, 0.5) is 0 Å². The lowest BCUT2D eigenvalue weighted by atomic mass is 9.73. The number of carboxylic acids is 1. The van der Waals surface area contributed by atoms with Crippen molar-refractivity contribution in [2.24, 2.45) is 10.8 Å². The molecular weight excluding hydrogens is 284 g/mol. The van der Waals surface area contributed by atoms with E-state index in [1.165, 1.54) is 0 Å². The minimum Gasteiger partial charge on any atom is -0.481 e. The molecule has 0 bridgehead atoms. The molecule has 0 rings (SSSR count). The Labute approximate surface area is 137 Å². The fourth-order valence-corrected chi connectivity index (χ4v) is 2.27. The van der Waals surface area contributed by atoms with Crippen LogP contribution < -0.4 is 10.6 Å². The maximum Gasteiger partial charge on any atom is 0.303 e. The van der Waals surface area contributed by atoms with Crippen LogP contribution in [-0.4, -0.2) is 36.7 Å². The highest BCUT2D eigenvalue weighted by molar-refractivity contribution is 7.80. The van der Waals surface area contributed by atoms with Crippen molar-refractivity contribution in [2.45, 2.75) is 61.3 Å². The number of rotatable bonds is 6. The van der Waals surface area contributed by atoms with E-state index in [4.69, 9.17) is 17.3 Å². The molecule has 0 unspecified atom stereocenters. The summed E-state index contributed by atoms with van der Waals surface area (Å²) < 4.78 is 0. The van der Waals surface area contributed by atoms with E-state index in [2.05, 4.69) is 24.5 Å². The minimum absolute atomic E-state index is 0.0407. The van der Waals surface area contributed by atoms with Crippen LogP contribution in [0.3, 0.4) is 0 Å². The van der Waals surface area contributed by atoms with Crippen LogP contribution in [0.5, 0.6) is 0 Å². The fraction of sp³-hybridized carbons (Fsp3) is 0.875. The normalized spacial score (nSPS) is 10.5. The van der Waals surface area contributed by atoms with Gasteiger partial charge in [-0.3, -0.25) is 4.79 Å². The Morgan fingerprint density at radius 1 is 1.10 bits per heavy atom. The van der Waals surface area contributed by atoms with Crippen molar-refractivity contribution in [3.63, 3.8) is 0 Å². The summed E-state index contributed by atoms with van der Waals surface area (Å²) in [7, 11) is 3.75. The Bertz CT molecular complexity index is 290. The maximum absolute atomic E-state index is 10.7. The molecule has 0 saturated heterocycles. The van der Waals surface area contributed by atoms with E-state index in [1.54, 1.807) is 0 Å². The summed E-state index contributed by atoms with van der Waals surface area (Å²) in [5, 5.41) is 14.7. The van der Waals surface area contributed by atoms with Crippen LogP contribution >= 0.6 is 12.2 Å². The van der Waals surface area contributed by atoms with Gasteiger partial charge in [0.05, 0.1) is 11.4 Å². The van der Waals surface area contributed by atoms with E-state index in [-0.39, 0.29) is 17.3 Å². The largest absolute Gasteiger partial charge is 0.481 e. The maximum atomic E-state index is 10.7. The number of hydrogen-bond acceptors (Lipinski definition) is 3. The van der Waals surface area contributed by atoms with Crippen molar-refractivity contribution in [3.8, 4) is 0 Å². The van der Waals surface area contributed by atoms with Gasteiger partial charge in [-0.05, 0) is 38.3 Å². The van der Waals surface area contributed by atoms with Gasteiger partial charge in [0.25, 0.3) is 0 Å². The molecule has 0 atom stereocenters. The number of carbonyl (C=O) groups is 1. The summed E-state index contributed by atoms with van der Waals surface area (Å²) in [6.45, 7) is 14.9. The van der Waals surface area contributed by atoms with E-state index in [0.29, 0.717) is 0 Å². The first-order chi connectivity index (χ1) is 9.45. The van der Waals surface area contributed by atoms with Crippen LogP contribution in [0, 0.1) is 10.8 Å². The molecule has 0 aromatic carbocycles. The van der Waals surface area contributed by atoms with Crippen LogP contribution in [0.15, 0.2) is 0 Å². The predicted octanol–water partition coefficient (Wildman–Crippen LogP) is 3.70. The summed E-state index contributed by atoms with van der Waals surface area (Å²) in [6.07, 6.45) is 1.05. The highest BCUT2D eigenvalue weighted by atomic mass is 32.1. The average Bonchev–Trinajstić information content (AvgIpc) is 2.27. The summed E-state index contributed by atoms with van der Waals surface area (Å²) in [6, 6.07) is 0. The molecular formula is C16H36N2O2S. The molecule has 128 valence electrons. The molecule has 0 aliphatic rings. The van der Waals surface area contributed by atoms with Gasteiger partial charge in [0, 0.05) is 6.54 Å². The molecule has 0 aliphatic heterocycles. The van der Waals surface area contributed by atoms with Gasteiger partial charge in [0.15, 0.2) is 0 Å². The molecule has 0 spiro atoms. The molecule has 0 fully saturated rings. The van der Waals surface area contributed by atoms with Crippen LogP contribution in [0.25, 0.3) is 0 Å². The monoisotopic (exact) mass is 320 g/mol. The third kappa shape index (κ3) is 21.8. The first-order valence-electron chi connectivity index (χ1n) is 7.50. The molecule has 0 amide bonds. The molecule has 0 aromatic rings. The van der Waals surface area contributed by atoms with E-state index in [1.807, 2.05) is 48.7 Å². The highest BCUT2D eigenvalue weighted by Gasteiger charge is 2.30. The summed E-state index contributed by atoms with van der Waals surface area (Å²) in [5.41, 5.74) is -0.147. The molecule has 3 N–H and O–H groups in total. The van der Waals surface area contributed by atoms with Crippen LogP contribution in [0.2, 0.25) is 0 Å². The second kappa shape index (κ2) is 13.0. The quantitative estimate of drug-likeness (QED) is 0.651. The van der Waals surface area contributed by atoms with E-state index >= 15 is 0 Å². The first-order valence-corrected chi connectivity index (χ1v) is 7.91. The van der Waals surface area contributed by atoms with Crippen molar-refractivity contribution in [1.29, 1.82) is 0 Å². The number of nitrogens with one attached hydrogen (secondary N) is 2.